The summed E-state index contributed by atoms with van der Waals surface area (Å²) in [5.74, 6) is 0.156. The second kappa shape index (κ2) is 9.57. The fourth-order valence-corrected chi connectivity index (χ4v) is 7.23. The second-order valence-corrected chi connectivity index (χ2v) is 11.1. The van der Waals surface area contributed by atoms with Gasteiger partial charge in [0.05, 0.1) is 11.1 Å². The lowest BCUT2D eigenvalue weighted by atomic mass is 9.97. The maximum atomic E-state index is 13.7. The highest BCUT2D eigenvalue weighted by Crippen LogP contribution is 2.37. The van der Waals surface area contributed by atoms with Crippen molar-refractivity contribution in [1.82, 2.24) is 14.9 Å². The molecular weight excluding hydrogens is 462 g/mol. The minimum absolute atomic E-state index is 0.0761. The zero-order chi connectivity index (χ0) is 22.1. The van der Waals surface area contributed by atoms with Gasteiger partial charge in [-0.05, 0) is 61.8 Å². The van der Waals surface area contributed by atoms with E-state index >= 15 is 0 Å². The van der Waals surface area contributed by atoms with Crippen molar-refractivity contribution in [1.29, 1.82) is 0 Å². The Hall–Kier alpha value is -1.83. The zero-order valence-electron chi connectivity index (χ0n) is 17.9. The summed E-state index contributed by atoms with van der Waals surface area (Å²) in [6.45, 7) is 0.430. The molecule has 2 aromatic heterocycles. The van der Waals surface area contributed by atoms with Crippen molar-refractivity contribution in [3.63, 3.8) is 0 Å². The van der Waals surface area contributed by atoms with Gasteiger partial charge in [-0.1, -0.05) is 48.3 Å². The van der Waals surface area contributed by atoms with E-state index in [0.717, 1.165) is 60.7 Å². The Kier molecular flexibility index (Phi) is 6.58. The van der Waals surface area contributed by atoms with Crippen LogP contribution in [-0.2, 0) is 24.2 Å². The van der Waals surface area contributed by atoms with Crippen molar-refractivity contribution >= 4 is 50.8 Å². The smallest absolute Gasteiger partial charge is 0.263 e. The summed E-state index contributed by atoms with van der Waals surface area (Å²) in [5, 5.41) is 5.13. The predicted octanol–water partition coefficient (Wildman–Crippen LogP) is 5.51. The van der Waals surface area contributed by atoms with Crippen LogP contribution >= 0.6 is 34.7 Å². The number of halogens is 1. The van der Waals surface area contributed by atoms with Gasteiger partial charge in [0.1, 0.15) is 4.83 Å². The van der Waals surface area contributed by atoms with Gasteiger partial charge in [0.2, 0.25) is 5.91 Å². The maximum Gasteiger partial charge on any atom is 0.263 e. The quantitative estimate of drug-likeness (QED) is 0.367. The lowest BCUT2D eigenvalue weighted by molar-refractivity contribution is -0.118. The van der Waals surface area contributed by atoms with Gasteiger partial charge < -0.3 is 5.32 Å². The highest BCUT2D eigenvalue weighted by Gasteiger charge is 2.27. The molecule has 1 aromatic carbocycles. The van der Waals surface area contributed by atoms with E-state index in [1.54, 1.807) is 11.3 Å². The number of nitrogens with zero attached hydrogens (tertiary/aromatic N) is 2. The number of amides is 1. The van der Waals surface area contributed by atoms with Crippen molar-refractivity contribution in [2.24, 2.45) is 0 Å². The number of thiophene rings is 1. The molecule has 0 aliphatic heterocycles. The van der Waals surface area contributed by atoms with E-state index in [1.165, 1.54) is 28.6 Å². The molecule has 32 heavy (non-hydrogen) atoms. The van der Waals surface area contributed by atoms with Crippen LogP contribution in [0.5, 0.6) is 0 Å². The number of hydrogen-bond acceptors (Lipinski definition) is 5. The number of rotatable bonds is 6. The number of thioether (sulfide) groups is 1. The second-order valence-electron chi connectivity index (χ2n) is 8.59. The molecule has 1 saturated carbocycles. The first-order valence-electron chi connectivity index (χ1n) is 11.3. The van der Waals surface area contributed by atoms with Gasteiger partial charge >= 0.3 is 0 Å². The molecule has 1 fully saturated rings. The Balaban J connectivity index is 1.39. The molecule has 2 heterocycles. The third kappa shape index (κ3) is 4.47. The summed E-state index contributed by atoms with van der Waals surface area (Å²) in [4.78, 5) is 33.3. The van der Waals surface area contributed by atoms with Crippen LogP contribution in [0.2, 0.25) is 5.02 Å². The molecule has 0 radical (unpaired) electrons. The lowest BCUT2D eigenvalue weighted by Gasteiger charge is -2.18. The fraction of sp³-hybridized carbons (Fsp3) is 0.458. The number of nitrogens with one attached hydrogen (secondary N) is 1. The molecule has 3 aromatic rings. The number of benzene rings is 1. The van der Waals surface area contributed by atoms with Gasteiger partial charge in [0.15, 0.2) is 5.16 Å². The van der Waals surface area contributed by atoms with Crippen LogP contribution in [0.3, 0.4) is 0 Å². The van der Waals surface area contributed by atoms with Crippen molar-refractivity contribution in [2.75, 3.05) is 5.75 Å². The highest BCUT2D eigenvalue weighted by atomic mass is 35.5. The number of carbonyl (C=O) groups is 1. The first kappa shape index (κ1) is 22.0. The van der Waals surface area contributed by atoms with Gasteiger partial charge in [-0.2, -0.15) is 0 Å². The first-order valence-corrected chi connectivity index (χ1v) is 13.5. The number of aromatic nitrogens is 2. The van der Waals surface area contributed by atoms with E-state index in [-0.39, 0.29) is 23.3 Å². The van der Waals surface area contributed by atoms with Crippen molar-refractivity contribution in [2.45, 2.75) is 69.1 Å². The molecule has 8 heteroatoms. The molecule has 2 aliphatic rings. The normalized spacial score (nSPS) is 16.4. The van der Waals surface area contributed by atoms with E-state index in [4.69, 9.17) is 16.6 Å². The molecule has 1 N–H and O–H groups in total. The Morgan fingerprint density at radius 2 is 2.03 bits per heavy atom. The number of fused-ring (bicyclic) bond motifs is 3. The molecule has 0 unspecified atom stereocenters. The lowest BCUT2D eigenvalue weighted by Crippen LogP contribution is -2.28. The van der Waals surface area contributed by atoms with Crippen molar-refractivity contribution in [3.8, 4) is 0 Å². The van der Waals surface area contributed by atoms with Crippen LogP contribution in [-0.4, -0.2) is 21.2 Å². The first-order chi connectivity index (χ1) is 15.6. The molecule has 0 saturated heterocycles. The molecule has 1 amide bonds. The minimum atomic E-state index is -0.0761. The predicted molar refractivity (Wildman–Crippen MR) is 132 cm³/mol. The van der Waals surface area contributed by atoms with Gasteiger partial charge in [0, 0.05) is 22.5 Å². The van der Waals surface area contributed by atoms with E-state index < -0.39 is 0 Å². The Morgan fingerprint density at radius 3 is 2.84 bits per heavy atom. The summed E-state index contributed by atoms with van der Waals surface area (Å²) >= 11 is 9.07. The average molecular weight is 488 g/mol. The highest BCUT2D eigenvalue weighted by molar-refractivity contribution is 7.99. The fourth-order valence-electron chi connectivity index (χ4n) is 4.81. The number of hydrogen-bond donors (Lipinski definition) is 1. The van der Waals surface area contributed by atoms with Crippen LogP contribution in [0.1, 0.15) is 60.6 Å². The average Bonchev–Trinajstić information content (AvgIpc) is 3.44. The SMILES string of the molecule is O=C(CSc1nc2sc3c(c2c(=O)n1C1CCCC1)CCCC3)NCc1cccc(Cl)c1. The van der Waals surface area contributed by atoms with Gasteiger partial charge in [-0.3, -0.25) is 14.2 Å². The standard InChI is InChI=1S/C24H26ClN3O2S2/c25-16-7-5-6-15(12-16)13-26-20(29)14-31-24-27-22-21(18-10-3-4-11-19(18)32-22)23(30)28(24)17-8-1-2-9-17/h5-7,12,17H,1-4,8-11,13-14H2,(H,26,29). The molecule has 0 spiro atoms. The van der Waals surface area contributed by atoms with Gasteiger partial charge in [-0.25, -0.2) is 4.98 Å². The van der Waals surface area contributed by atoms with Crippen LogP contribution in [0.15, 0.2) is 34.2 Å². The topological polar surface area (TPSA) is 64.0 Å². The Labute approximate surface area is 200 Å². The van der Waals surface area contributed by atoms with Crippen LogP contribution in [0.25, 0.3) is 10.2 Å². The van der Waals surface area contributed by atoms with Crippen LogP contribution in [0, 0.1) is 0 Å². The van der Waals surface area contributed by atoms with E-state index in [1.807, 2.05) is 28.8 Å². The summed E-state index contributed by atoms with van der Waals surface area (Å²) < 4.78 is 1.91. The maximum absolute atomic E-state index is 13.7. The molecule has 5 rings (SSSR count). The van der Waals surface area contributed by atoms with Crippen molar-refractivity contribution in [3.05, 3.63) is 55.6 Å². The zero-order valence-corrected chi connectivity index (χ0v) is 20.3. The summed E-state index contributed by atoms with van der Waals surface area (Å²) in [5.41, 5.74) is 2.29. The van der Waals surface area contributed by atoms with Crippen LogP contribution in [0.4, 0.5) is 0 Å². The molecular formula is C24H26ClN3O2S2. The molecule has 0 bridgehead atoms. The van der Waals surface area contributed by atoms with Crippen LogP contribution < -0.4 is 10.9 Å². The summed E-state index contributed by atoms with van der Waals surface area (Å²) in [6.07, 6.45) is 8.66. The van der Waals surface area contributed by atoms with Gasteiger partial charge in [0.25, 0.3) is 5.56 Å². The largest absolute Gasteiger partial charge is 0.351 e. The Morgan fingerprint density at radius 1 is 1.22 bits per heavy atom. The van der Waals surface area contributed by atoms with Gasteiger partial charge in [-0.15, -0.1) is 11.3 Å². The monoisotopic (exact) mass is 487 g/mol. The number of aryl methyl sites for hydroxylation is 2. The third-order valence-electron chi connectivity index (χ3n) is 6.39. The molecule has 0 atom stereocenters. The molecule has 5 nitrogen and oxygen atoms in total. The van der Waals surface area contributed by atoms with E-state index in [2.05, 4.69) is 5.32 Å². The Bertz CT molecular complexity index is 1210. The third-order valence-corrected chi connectivity index (χ3v) is 8.76. The van der Waals surface area contributed by atoms with Crippen molar-refractivity contribution < 1.29 is 4.79 Å². The number of carbonyl (C=O) groups excluding carboxylic acids is 1. The summed E-state index contributed by atoms with van der Waals surface area (Å²) in [7, 11) is 0. The minimum Gasteiger partial charge on any atom is -0.351 e. The summed E-state index contributed by atoms with van der Waals surface area (Å²) in [6, 6.07) is 7.66. The van der Waals surface area contributed by atoms with E-state index in [0.29, 0.717) is 16.7 Å². The van der Waals surface area contributed by atoms with E-state index in [9.17, 15) is 9.59 Å². The molecule has 168 valence electrons. The molecule has 2 aliphatic carbocycles.